The summed E-state index contributed by atoms with van der Waals surface area (Å²) in [4.78, 5) is 8.14. The summed E-state index contributed by atoms with van der Waals surface area (Å²) in [6.07, 6.45) is 2.54. The minimum atomic E-state index is -0.260. The molecule has 33 heavy (non-hydrogen) atoms. The van der Waals surface area contributed by atoms with E-state index in [-0.39, 0.29) is 39.4 Å². The van der Waals surface area contributed by atoms with Gasteiger partial charge in [-0.15, -0.1) is 0 Å². The fourth-order valence-electron chi connectivity index (χ4n) is 3.36. The Bertz CT molecular complexity index is 1410. The van der Waals surface area contributed by atoms with E-state index >= 15 is 0 Å². The number of benzene rings is 4. The smallest absolute Gasteiger partial charge is 0.872 e. The van der Waals surface area contributed by atoms with Gasteiger partial charge < -0.3 is 10.2 Å². The summed E-state index contributed by atoms with van der Waals surface area (Å²) in [7, 11) is 0. The number of nitriles is 2. The second-order valence-corrected chi connectivity index (χ2v) is 6.83. The molecule has 0 spiro atoms. The van der Waals surface area contributed by atoms with Gasteiger partial charge >= 0.3 is 16.5 Å². The summed E-state index contributed by atoms with van der Waals surface area (Å²) in [6.45, 7) is 0. The Morgan fingerprint density at radius 3 is 1.42 bits per heavy atom. The first-order valence-electron chi connectivity index (χ1n) is 9.62. The Labute approximate surface area is 200 Å². The average Bonchev–Trinajstić information content (AvgIpc) is 2.83. The number of aliphatic imine (C=N–C) groups is 2. The first-order chi connectivity index (χ1) is 15.6. The van der Waals surface area contributed by atoms with Gasteiger partial charge in [0, 0.05) is 12.4 Å². The van der Waals surface area contributed by atoms with Gasteiger partial charge in [0.05, 0.1) is 0 Å². The zero-order valence-corrected chi connectivity index (χ0v) is 18.0. The molecule has 0 fully saturated rings. The van der Waals surface area contributed by atoms with E-state index in [2.05, 4.69) is 9.98 Å². The number of hydrogen-bond donors (Lipinski definition) is 0. The molecular formula is C26H14N4NiO2. The quantitative estimate of drug-likeness (QED) is 0.254. The van der Waals surface area contributed by atoms with Crippen molar-refractivity contribution >= 4 is 34.0 Å². The molecule has 160 valence electrons. The Morgan fingerprint density at radius 2 is 1.03 bits per heavy atom. The van der Waals surface area contributed by atoms with E-state index in [0.717, 1.165) is 10.8 Å². The Kier molecular flexibility index (Phi) is 7.21. The van der Waals surface area contributed by atoms with E-state index in [1.54, 1.807) is 36.4 Å². The van der Waals surface area contributed by atoms with Crippen molar-refractivity contribution < 1.29 is 26.7 Å². The van der Waals surface area contributed by atoms with E-state index in [1.807, 2.05) is 36.4 Å². The van der Waals surface area contributed by atoms with Gasteiger partial charge in [-0.25, -0.2) is 9.98 Å². The number of allylic oxidation sites excluding steroid dienone is 2. The third kappa shape index (κ3) is 4.75. The first-order valence-corrected chi connectivity index (χ1v) is 9.62. The van der Waals surface area contributed by atoms with Crippen LogP contribution in [0.15, 0.2) is 94.2 Å². The van der Waals surface area contributed by atoms with Gasteiger partial charge in [-0.1, -0.05) is 84.3 Å². The van der Waals surface area contributed by atoms with E-state index in [9.17, 15) is 20.7 Å². The Hall–Kier alpha value is -4.45. The molecule has 0 atom stereocenters. The van der Waals surface area contributed by atoms with Crippen LogP contribution in [0.5, 0.6) is 11.5 Å². The van der Waals surface area contributed by atoms with Gasteiger partial charge in [-0.3, -0.25) is 0 Å². The normalized spacial score (nSPS) is 11.8. The van der Waals surface area contributed by atoms with Gasteiger partial charge in [0.1, 0.15) is 12.1 Å². The second-order valence-electron chi connectivity index (χ2n) is 6.83. The van der Waals surface area contributed by atoms with Crippen LogP contribution in [0.4, 0.5) is 0 Å². The van der Waals surface area contributed by atoms with Crippen molar-refractivity contribution in [1.29, 1.82) is 10.5 Å². The molecule has 0 radical (unpaired) electrons. The standard InChI is InChI=1S/C26H16N4O2.Ni/c27-13-23(29-15-21-19-7-3-1-5-17(19)9-11-25(21)31)24(14-28)30-16-22-20-8-4-2-6-18(20)10-12-26(22)32;/h1-12,15-16,31-32H;/q;+2/p-2/b24-23-,29-15?,30-16?;. The van der Waals surface area contributed by atoms with Crippen molar-refractivity contribution in [2.24, 2.45) is 9.98 Å². The zero-order chi connectivity index (χ0) is 22.5. The summed E-state index contributed by atoms with van der Waals surface area (Å²) >= 11 is 0. The predicted molar refractivity (Wildman–Crippen MR) is 120 cm³/mol. The van der Waals surface area contributed by atoms with Crippen molar-refractivity contribution in [3.8, 4) is 23.6 Å². The Balaban J connectivity index is 0.00000306. The molecule has 6 nitrogen and oxygen atoms in total. The van der Waals surface area contributed by atoms with Gasteiger partial charge in [0.25, 0.3) is 0 Å². The predicted octanol–water partition coefficient (Wildman–Crippen LogP) is 3.93. The molecular weight excluding hydrogens is 459 g/mol. The number of nitrogens with zero attached hydrogens (tertiary/aromatic N) is 4. The van der Waals surface area contributed by atoms with E-state index in [4.69, 9.17) is 0 Å². The van der Waals surface area contributed by atoms with Crippen LogP contribution in [-0.2, 0) is 16.5 Å². The fraction of sp³-hybridized carbons (Fsp3) is 0. The summed E-state index contributed by atoms with van der Waals surface area (Å²) < 4.78 is 0. The zero-order valence-electron chi connectivity index (χ0n) is 17.0. The molecule has 0 saturated carbocycles. The summed E-state index contributed by atoms with van der Waals surface area (Å²) in [5, 5.41) is 46.8. The molecule has 0 amide bonds. The molecule has 0 unspecified atom stereocenters. The Morgan fingerprint density at radius 1 is 0.636 bits per heavy atom. The van der Waals surface area contributed by atoms with Gasteiger partial charge in [0.2, 0.25) is 0 Å². The van der Waals surface area contributed by atoms with Crippen molar-refractivity contribution in [2.45, 2.75) is 0 Å². The van der Waals surface area contributed by atoms with Crippen LogP contribution in [0.1, 0.15) is 11.1 Å². The minimum absolute atomic E-state index is 0. The van der Waals surface area contributed by atoms with Gasteiger partial charge in [-0.2, -0.15) is 10.5 Å². The SMILES string of the molecule is N#C/C(N=Cc1c([O-])ccc2ccccc12)=C(\C#N)N=Cc1c([O-])ccc2ccccc12.[Ni+2]. The molecule has 4 aromatic carbocycles. The number of fused-ring (bicyclic) bond motifs is 2. The number of rotatable bonds is 4. The summed E-state index contributed by atoms with van der Waals surface area (Å²) in [6, 6.07) is 24.6. The molecule has 0 saturated heterocycles. The fourth-order valence-corrected chi connectivity index (χ4v) is 3.36. The molecule has 0 aliphatic carbocycles. The van der Waals surface area contributed by atoms with Crippen LogP contribution in [0.3, 0.4) is 0 Å². The average molecular weight is 473 g/mol. The number of hydrogen-bond acceptors (Lipinski definition) is 6. The monoisotopic (exact) mass is 472 g/mol. The van der Waals surface area contributed by atoms with Crippen molar-refractivity contribution in [3.63, 3.8) is 0 Å². The van der Waals surface area contributed by atoms with Crippen molar-refractivity contribution in [2.75, 3.05) is 0 Å². The largest absolute Gasteiger partial charge is 2.00 e. The second kappa shape index (κ2) is 10.2. The molecule has 0 aromatic heterocycles. The molecule has 0 aliphatic heterocycles. The summed E-state index contributed by atoms with van der Waals surface area (Å²) in [5.74, 6) is -0.503. The summed E-state index contributed by atoms with van der Waals surface area (Å²) in [5.41, 5.74) is 0.105. The minimum Gasteiger partial charge on any atom is -0.872 e. The van der Waals surface area contributed by atoms with E-state index in [1.165, 1.54) is 24.6 Å². The first kappa shape index (κ1) is 23.2. The molecule has 0 heterocycles. The molecule has 0 N–H and O–H groups in total. The maximum atomic E-state index is 12.3. The van der Waals surface area contributed by atoms with Crippen molar-refractivity contribution in [3.05, 3.63) is 95.3 Å². The molecule has 4 rings (SSSR count). The van der Waals surface area contributed by atoms with Crippen LogP contribution >= 0.6 is 0 Å². The maximum absolute atomic E-state index is 12.3. The van der Waals surface area contributed by atoms with E-state index in [0.29, 0.717) is 21.9 Å². The molecule has 0 aliphatic rings. The van der Waals surface area contributed by atoms with Crippen LogP contribution in [0, 0.1) is 22.7 Å². The van der Waals surface area contributed by atoms with E-state index < -0.39 is 0 Å². The van der Waals surface area contributed by atoms with Crippen LogP contribution < -0.4 is 10.2 Å². The van der Waals surface area contributed by atoms with Crippen molar-refractivity contribution in [1.82, 2.24) is 0 Å². The molecule has 0 bridgehead atoms. The van der Waals surface area contributed by atoms with Gasteiger partial charge in [0.15, 0.2) is 11.4 Å². The topological polar surface area (TPSA) is 118 Å². The van der Waals surface area contributed by atoms with Gasteiger partial charge in [-0.05, 0) is 32.7 Å². The third-order valence-corrected chi connectivity index (χ3v) is 4.94. The van der Waals surface area contributed by atoms with Crippen LogP contribution in [-0.4, -0.2) is 12.4 Å². The third-order valence-electron chi connectivity index (χ3n) is 4.94. The van der Waals surface area contributed by atoms with Crippen LogP contribution in [0.25, 0.3) is 21.5 Å². The molecule has 4 aromatic rings. The maximum Gasteiger partial charge on any atom is 2.00 e. The molecule has 7 heteroatoms. The van der Waals surface area contributed by atoms with Crippen LogP contribution in [0.2, 0.25) is 0 Å².